The Kier molecular flexibility index (Phi) is 3.77. The molecule has 0 bridgehead atoms. The summed E-state index contributed by atoms with van der Waals surface area (Å²) in [5, 5.41) is 2.85. The van der Waals surface area contributed by atoms with Gasteiger partial charge in [0.25, 0.3) is 5.91 Å². The van der Waals surface area contributed by atoms with E-state index in [0.717, 1.165) is 21.4 Å². The summed E-state index contributed by atoms with van der Waals surface area (Å²) in [5.74, 6) is -0.204. The Morgan fingerprint density at radius 3 is 2.72 bits per heavy atom. The lowest BCUT2D eigenvalue weighted by molar-refractivity contribution is 0.102. The summed E-state index contributed by atoms with van der Waals surface area (Å²) in [5.41, 5.74) is 3.09. The monoisotopic (exact) mass is 304 g/mol. The average molecular weight is 305 g/mol. The molecule has 1 heterocycles. The van der Waals surface area contributed by atoms with E-state index in [2.05, 4.69) is 26.2 Å². The molecular formula is C14H13BrN2O. The minimum atomic E-state index is -0.204. The lowest BCUT2D eigenvalue weighted by atomic mass is 10.2. The molecule has 4 heteroatoms. The Morgan fingerprint density at radius 1 is 1.22 bits per heavy atom. The molecule has 0 radical (unpaired) electrons. The van der Waals surface area contributed by atoms with Crippen LogP contribution in [0.3, 0.4) is 0 Å². The summed E-state index contributed by atoms with van der Waals surface area (Å²) < 4.78 is 0.856. The van der Waals surface area contributed by atoms with Crippen LogP contribution in [0.4, 0.5) is 5.69 Å². The van der Waals surface area contributed by atoms with Crippen LogP contribution in [0.1, 0.15) is 21.7 Å². The van der Waals surface area contributed by atoms with Crippen LogP contribution in [0, 0.1) is 13.8 Å². The number of hydrogen-bond acceptors (Lipinski definition) is 2. The second-order valence-electron chi connectivity index (χ2n) is 4.10. The lowest BCUT2D eigenvalue weighted by Gasteiger charge is -2.08. The van der Waals surface area contributed by atoms with Gasteiger partial charge in [-0.05, 0) is 59.6 Å². The fraction of sp³-hybridized carbons (Fsp3) is 0.143. The molecule has 0 aliphatic rings. The van der Waals surface area contributed by atoms with Gasteiger partial charge in [-0.2, -0.15) is 0 Å². The van der Waals surface area contributed by atoms with E-state index >= 15 is 0 Å². The van der Waals surface area contributed by atoms with Crippen LogP contribution in [0.2, 0.25) is 0 Å². The largest absolute Gasteiger partial charge is 0.320 e. The van der Waals surface area contributed by atoms with Gasteiger partial charge in [-0.25, -0.2) is 4.98 Å². The van der Waals surface area contributed by atoms with Gasteiger partial charge < -0.3 is 5.32 Å². The van der Waals surface area contributed by atoms with Crippen molar-refractivity contribution in [2.45, 2.75) is 13.8 Å². The molecule has 1 aromatic heterocycles. The fourth-order valence-corrected chi connectivity index (χ4v) is 1.94. The molecule has 0 spiro atoms. The van der Waals surface area contributed by atoms with Crippen molar-refractivity contribution >= 4 is 27.5 Å². The third-order valence-electron chi connectivity index (χ3n) is 2.49. The molecule has 18 heavy (non-hydrogen) atoms. The number of nitrogens with zero attached hydrogens (tertiary/aromatic N) is 1. The van der Waals surface area contributed by atoms with Gasteiger partial charge in [0.05, 0.1) is 5.69 Å². The second-order valence-corrected chi connectivity index (χ2v) is 4.96. The van der Waals surface area contributed by atoms with E-state index in [0.29, 0.717) is 5.69 Å². The Morgan fingerprint density at radius 2 is 2.00 bits per heavy atom. The van der Waals surface area contributed by atoms with Crippen molar-refractivity contribution in [3.8, 4) is 0 Å². The van der Waals surface area contributed by atoms with Gasteiger partial charge >= 0.3 is 0 Å². The SMILES string of the molecule is Cc1ccc(Br)c(NC(=O)c2cccc(C)n2)c1. The fourth-order valence-electron chi connectivity index (χ4n) is 1.59. The van der Waals surface area contributed by atoms with Gasteiger partial charge in [-0.1, -0.05) is 12.1 Å². The number of pyridine rings is 1. The van der Waals surface area contributed by atoms with Gasteiger partial charge in [0.15, 0.2) is 0 Å². The predicted molar refractivity (Wildman–Crippen MR) is 75.8 cm³/mol. The second kappa shape index (κ2) is 5.31. The van der Waals surface area contributed by atoms with E-state index in [1.807, 2.05) is 44.2 Å². The van der Waals surface area contributed by atoms with E-state index in [-0.39, 0.29) is 5.91 Å². The van der Waals surface area contributed by atoms with Gasteiger partial charge in [-0.3, -0.25) is 4.79 Å². The zero-order valence-electron chi connectivity index (χ0n) is 10.2. The summed E-state index contributed by atoms with van der Waals surface area (Å²) in [6.45, 7) is 3.84. The summed E-state index contributed by atoms with van der Waals surface area (Å²) in [6.07, 6.45) is 0. The summed E-state index contributed by atoms with van der Waals surface area (Å²) in [6, 6.07) is 11.2. The van der Waals surface area contributed by atoms with Crippen LogP contribution in [-0.2, 0) is 0 Å². The first-order chi connectivity index (χ1) is 8.56. The highest BCUT2D eigenvalue weighted by atomic mass is 79.9. The quantitative estimate of drug-likeness (QED) is 0.919. The standard InChI is InChI=1S/C14H13BrN2O/c1-9-6-7-11(15)13(8-9)17-14(18)12-5-3-4-10(2)16-12/h3-8H,1-2H3,(H,17,18). The predicted octanol–water partition coefficient (Wildman–Crippen LogP) is 3.71. The third kappa shape index (κ3) is 2.96. The van der Waals surface area contributed by atoms with E-state index in [1.54, 1.807) is 6.07 Å². The summed E-state index contributed by atoms with van der Waals surface area (Å²) >= 11 is 3.41. The maximum Gasteiger partial charge on any atom is 0.274 e. The molecule has 2 aromatic rings. The summed E-state index contributed by atoms with van der Waals surface area (Å²) in [7, 11) is 0. The molecule has 0 saturated carbocycles. The Bertz CT molecular complexity index is 596. The molecule has 92 valence electrons. The van der Waals surface area contributed by atoms with Crippen molar-refractivity contribution in [3.63, 3.8) is 0 Å². The van der Waals surface area contributed by atoms with E-state index in [9.17, 15) is 4.79 Å². The molecule has 0 aliphatic heterocycles. The molecule has 0 atom stereocenters. The first kappa shape index (κ1) is 12.8. The zero-order chi connectivity index (χ0) is 13.1. The van der Waals surface area contributed by atoms with Crippen LogP contribution in [0.25, 0.3) is 0 Å². The topological polar surface area (TPSA) is 42.0 Å². The van der Waals surface area contributed by atoms with Crippen LogP contribution in [0.15, 0.2) is 40.9 Å². The Labute approximate surface area is 114 Å². The molecule has 1 N–H and O–H groups in total. The first-order valence-corrected chi connectivity index (χ1v) is 6.37. The Hall–Kier alpha value is -1.68. The lowest BCUT2D eigenvalue weighted by Crippen LogP contribution is -2.14. The van der Waals surface area contributed by atoms with E-state index < -0.39 is 0 Å². The van der Waals surface area contributed by atoms with Crippen LogP contribution in [0.5, 0.6) is 0 Å². The van der Waals surface area contributed by atoms with E-state index in [1.165, 1.54) is 0 Å². The normalized spacial score (nSPS) is 10.2. The number of rotatable bonds is 2. The average Bonchev–Trinajstić information content (AvgIpc) is 2.34. The number of benzene rings is 1. The highest BCUT2D eigenvalue weighted by molar-refractivity contribution is 9.10. The number of aromatic nitrogens is 1. The van der Waals surface area contributed by atoms with Crippen molar-refractivity contribution in [3.05, 3.63) is 57.8 Å². The number of carbonyl (C=O) groups is 1. The maximum atomic E-state index is 12.0. The number of carbonyl (C=O) groups excluding carboxylic acids is 1. The van der Waals surface area contributed by atoms with E-state index in [4.69, 9.17) is 0 Å². The van der Waals surface area contributed by atoms with Gasteiger partial charge in [-0.15, -0.1) is 0 Å². The minimum absolute atomic E-state index is 0.204. The number of aryl methyl sites for hydroxylation is 2. The minimum Gasteiger partial charge on any atom is -0.320 e. The first-order valence-electron chi connectivity index (χ1n) is 5.57. The van der Waals surface area contributed by atoms with Crippen LogP contribution in [-0.4, -0.2) is 10.9 Å². The van der Waals surface area contributed by atoms with Gasteiger partial charge in [0, 0.05) is 10.2 Å². The molecular weight excluding hydrogens is 292 g/mol. The highest BCUT2D eigenvalue weighted by Gasteiger charge is 2.09. The maximum absolute atomic E-state index is 12.0. The molecule has 0 unspecified atom stereocenters. The number of nitrogens with one attached hydrogen (secondary N) is 1. The number of hydrogen-bond donors (Lipinski definition) is 1. The van der Waals surface area contributed by atoms with Crippen molar-refractivity contribution in [1.29, 1.82) is 0 Å². The van der Waals surface area contributed by atoms with Gasteiger partial charge in [0.1, 0.15) is 5.69 Å². The van der Waals surface area contributed by atoms with Crippen molar-refractivity contribution < 1.29 is 4.79 Å². The smallest absolute Gasteiger partial charge is 0.274 e. The molecule has 1 aromatic carbocycles. The molecule has 0 aliphatic carbocycles. The third-order valence-corrected chi connectivity index (χ3v) is 3.18. The highest BCUT2D eigenvalue weighted by Crippen LogP contribution is 2.23. The van der Waals surface area contributed by atoms with Crippen LogP contribution < -0.4 is 5.32 Å². The number of anilines is 1. The molecule has 1 amide bonds. The van der Waals surface area contributed by atoms with Crippen molar-refractivity contribution in [2.75, 3.05) is 5.32 Å². The number of amides is 1. The molecule has 0 fully saturated rings. The molecule has 2 rings (SSSR count). The summed E-state index contributed by atoms with van der Waals surface area (Å²) in [4.78, 5) is 16.2. The Balaban J connectivity index is 2.24. The number of halogens is 1. The van der Waals surface area contributed by atoms with Crippen LogP contribution >= 0.6 is 15.9 Å². The molecule has 0 saturated heterocycles. The van der Waals surface area contributed by atoms with Crippen molar-refractivity contribution in [1.82, 2.24) is 4.98 Å². The molecule has 3 nitrogen and oxygen atoms in total. The zero-order valence-corrected chi connectivity index (χ0v) is 11.8. The van der Waals surface area contributed by atoms with Gasteiger partial charge in [0.2, 0.25) is 0 Å². The van der Waals surface area contributed by atoms with Crippen molar-refractivity contribution in [2.24, 2.45) is 0 Å².